The predicted molar refractivity (Wildman–Crippen MR) is 247 cm³/mol. The molecule has 0 atom stereocenters. The number of anilines is 3. The Morgan fingerprint density at radius 1 is 0.305 bits per heavy atom. The first-order chi connectivity index (χ1) is 29.2. The van der Waals surface area contributed by atoms with Gasteiger partial charge >= 0.3 is 0 Å². The van der Waals surface area contributed by atoms with Crippen molar-refractivity contribution in [2.75, 3.05) is 4.90 Å². The molecule has 0 saturated carbocycles. The molecular formula is C56H35NO2. The smallest absolute Gasteiger partial charge is 0.145 e. The molecule has 0 aliphatic rings. The zero-order valence-corrected chi connectivity index (χ0v) is 32.0. The highest BCUT2D eigenvalue weighted by Crippen LogP contribution is 2.47. The summed E-state index contributed by atoms with van der Waals surface area (Å²) in [5, 5.41) is 9.27. The van der Waals surface area contributed by atoms with Gasteiger partial charge in [0, 0.05) is 38.7 Å². The van der Waals surface area contributed by atoms with E-state index in [4.69, 9.17) is 8.83 Å². The summed E-state index contributed by atoms with van der Waals surface area (Å²) in [7, 11) is 0. The highest BCUT2D eigenvalue weighted by atomic mass is 16.3. The fraction of sp³-hybridized carbons (Fsp3) is 0. The van der Waals surface area contributed by atoms with E-state index in [1.54, 1.807) is 0 Å². The van der Waals surface area contributed by atoms with Crippen LogP contribution < -0.4 is 4.90 Å². The Hall–Kier alpha value is -7.88. The van der Waals surface area contributed by atoms with Gasteiger partial charge in [0.05, 0.1) is 11.1 Å². The lowest BCUT2D eigenvalue weighted by Gasteiger charge is -2.27. The standard InChI is InChI=1S/C56H35NO2/c1-3-12-37(13-4-1)45-19-11-20-48-47-31-27-41(34-53(47)59-55(45)48)36-24-28-42(29-25-36)57(43-30-26-40-23-22-39-16-7-8-17-44(39)50(40)35-43)51-33-32-46(38-14-5-2-6-15-38)56-54(51)49-18-9-10-21-52(49)58-56/h1-35H. The molecule has 0 amide bonds. The summed E-state index contributed by atoms with van der Waals surface area (Å²) in [5.74, 6) is 0. The molecule has 3 nitrogen and oxygen atoms in total. The molecule has 12 aromatic rings. The van der Waals surface area contributed by atoms with Crippen LogP contribution in [0, 0.1) is 0 Å². The Labute approximate surface area is 340 Å². The minimum Gasteiger partial charge on any atom is -0.455 e. The fourth-order valence-corrected chi connectivity index (χ4v) is 9.02. The first kappa shape index (κ1) is 33.3. The second kappa shape index (κ2) is 13.4. The summed E-state index contributed by atoms with van der Waals surface area (Å²) in [4.78, 5) is 2.39. The summed E-state index contributed by atoms with van der Waals surface area (Å²) in [5.41, 5.74) is 13.3. The lowest BCUT2D eigenvalue weighted by molar-refractivity contribution is 0.669. The lowest BCUT2D eigenvalue weighted by atomic mass is 9.98. The SMILES string of the molecule is c1ccc(-c2cccc3c2oc2cc(-c4ccc(N(c5ccc6ccc7ccccc7c6c5)c5ccc(-c6ccccc6)c6oc7ccccc7c56)cc4)ccc23)cc1. The zero-order valence-electron chi connectivity index (χ0n) is 32.0. The molecule has 2 aromatic heterocycles. The Morgan fingerprint density at radius 3 is 1.71 bits per heavy atom. The fourth-order valence-electron chi connectivity index (χ4n) is 9.02. The Morgan fingerprint density at radius 2 is 0.915 bits per heavy atom. The molecule has 0 N–H and O–H groups in total. The number of furan rings is 2. The van der Waals surface area contributed by atoms with Crippen molar-refractivity contribution in [2.45, 2.75) is 0 Å². The van der Waals surface area contributed by atoms with Gasteiger partial charge < -0.3 is 13.7 Å². The molecule has 0 bridgehead atoms. The summed E-state index contributed by atoms with van der Waals surface area (Å²) >= 11 is 0. The van der Waals surface area contributed by atoms with Gasteiger partial charge in [0.2, 0.25) is 0 Å². The number of hydrogen-bond donors (Lipinski definition) is 0. The van der Waals surface area contributed by atoms with E-state index in [0.717, 1.165) is 94.3 Å². The maximum absolute atomic E-state index is 6.76. The number of nitrogens with zero attached hydrogens (tertiary/aromatic N) is 1. The Bertz CT molecular complexity index is 3540. The summed E-state index contributed by atoms with van der Waals surface area (Å²) < 4.78 is 13.4. The van der Waals surface area contributed by atoms with Gasteiger partial charge in [-0.3, -0.25) is 0 Å². The van der Waals surface area contributed by atoms with Crippen molar-refractivity contribution < 1.29 is 8.83 Å². The van der Waals surface area contributed by atoms with Crippen LogP contribution >= 0.6 is 0 Å². The number of para-hydroxylation sites is 2. The average molecular weight is 754 g/mol. The van der Waals surface area contributed by atoms with E-state index in [2.05, 4.69) is 205 Å². The summed E-state index contributed by atoms with van der Waals surface area (Å²) in [6.45, 7) is 0. The molecule has 0 saturated heterocycles. The molecule has 12 rings (SSSR count). The van der Waals surface area contributed by atoms with Gasteiger partial charge in [-0.15, -0.1) is 0 Å². The highest BCUT2D eigenvalue weighted by Gasteiger charge is 2.23. The number of hydrogen-bond acceptors (Lipinski definition) is 3. The van der Waals surface area contributed by atoms with E-state index in [1.165, 1.54) is 21.5 Å². The quantitative estimate of drug-likeness (QED) is 0.158. The second-order valence-electron chi connectivity index (χ2n) is 15.2. The van der Waals surface area contributed by atoms with E-state index >= 15 is 0 Å². The van der Waals surface area contributed by atoms with Gasteiger partial charge in [-0.1, -0.05) is 158 Å². The van der Waals surface area contributed by atoms with Gasteiger partial charge in [0.15, 0.2) is 0 Å². The first-order valence-corrected chi connectivity index (χ1v) is 20.1. The van der Waals surface area contributed by atoms with E-state index in [9.17, 15) is 0 Å². The maximum Gasteiger partial charge on any atom is 0.145 e. The van der Waals surface area contributed by atoms with Gasteiger partial charge in [-0.25, -0.2) is 0 Å². The topological polar surface area (TPSA) is 29.5 Å². The maximum atomic E-state index is 6.76. The second-order valence-corrected chi connectivity index (χ2v) is 15.2. The van der Waals surface area contributed by atoms with Crippen molar-refractivity contribution in [1.82, 2.24) is 0 Å². The third-order valence-corrected chi connectivity index (χ3v) is 11.9. The zero-order chi connectivity index (χ0) is 38.9. The van der Waals surface area contributed by atoms with Crippen molar-refractivity contribution in [3.8, 4) is 33.4 Å². The molecule has 3 heteroatoms. The molecule has 2 heterocycles. The number of rotatable bonds is 6. The van der Waals surface area contributed by atoms with Crippen LogP contribution in [0.4, 0.5) is 17.1 Å². The minimum atomic E-state index is 0.865. The summed E-state index contributed by atoms with van der Waals surface area (Å²) in [6, 6.07) is 75.6. The van der Waals surface area contributed by atoms with Crippen LogP contribution in [-0.4, -0.2) is 0 Å². The molecule has 0 unspecified atom stereocenters. The highest BCUT2D eigenvalue weighted by molar-refractivity contribution is 6.18. The van der Waals surface area contributed by atoms with Crippen LogP contribution in [0.15, 0.2) is 221 Å². The van der Waals surface area contributed by atoms with E-state index in [1.807, 2.05) is 12.1 Å². The molecule has 0 aliphatic heterocycles. The monoisotopic (exact) mass is 753 g/mol. The third-order valence-electron chi connectivity index (χ3n) is 11.9. The van der Waals surface area contributed by atoms with Gasteiger partial charge in [-0.05, 0) is 98.4 Å². The van der Waals surface area contributed by atoms with Crippen LogP contribution in [0.3, 0.4) is 0 Å². The van der Waals surface area contributed by atoms with Crippen molar-refractivity contribution in [1.29, 1.82) is 0 Å². The van der Waals surface area contributed by atoms with Crippen molar-refractivity contribution >= 4 is 82.5 Å². The average Bonchev–Trinajstić information content (AvgIpc) is 3.89. The van der Waals surface area contributed by atoms with Gasteiger partial charge in [-0.2, -0.15) is 0 Å². The molecule has 59 heavy (non-hydrogen) atoms. The van der Waals surface area contributed by atoms with Crippen LogP contribution in [0.25, 0.3) is 98.8 Å². The van der Waals surface area contributed by atoms with E-state index in [0.29, 0.717) is 0 Å². The van der Waals surface area contributed by atoms with Crippen LogP contribution in [0.5, 0.6) is 0 Å². The Kier molecular flexibility index (Phi) is 7.54. The molecule has 0 aliphatic carbocycles. The largest absolute Gasteiger partial charge is 0.455 e. The number of fused-ring (bicyclic) bond motifs is 9. The van der Waals surface area contributed by atoms with E-state index < -0.39 is 0 Å². The van der Waals surface area contributed by atoms with Crippen LogP contribution in [0.1, 0.15) is 0 Å². The normalized spacial score (nSPS) is 11.7. The van der Waals surface area contributed by atoms with Crippen molar-refractivity contribution in [3.63, 3.8) is 0 Å². The Balaban J connectivity index is 1.04. The molecule has 0 spiro atoms. The van der Waals surface area contributed by atoms with Crippen LogP contribution in [0.2, 0.25) is 0 Å². The number of benzene rings is 10. The predicted octanol–water partition coefficient (Wildman–Crippen LogP) is 16.3. The molecular weight excluding hydrogens is 719 g/mol. The van der Waals surface area contributed by atoms with Gasteiger partial charge in [0.1, 0.15) is 22.3 Å². The molecule has 0 fully saturated rings. The van der Waals surface area contributed by atoms with Gasteiger partial charge in [0.25, 0.3) is 0 Å². The molecule has 10 aromatic carbocycles. The van der Waals surface area contributed by atoms with Crippen LogP contribution in [-0.2, 0) is 0 Å². The molecule has 0 radical (unpaired) electrons. The molecule has 276 valence electrons. The third kappa shape index (κ3) is 5.44. The van der Waals surface area contributed by atoms with Crippen molar-refractivity contribution in [3.05, 3.63) is 212 Å². The minimum absolute atomic E-state index is 0.865. The van der Waals surface area contributed by atoms with E-state index in [-0.39, 0.29) is 0 Å². The van der Waals surface area contributed by atoms with Crippen molar-refractivity contribution in [2.24, 2.45) is 0 Å². The summed E-state index contributed by atoms with van der Waals surface area (Å²) in [6.07, 6.45) is 0. The lowest BCUT2D eigenvalue weighted by Crippen LogP contribution is -2.10. The first-order valence-electron chi connectivity index (χ1n) is 20.1.